The van der Waals surface area contributed by atoms with Gasteiger partial charge in [-0.2, -0.15) is 0 Å². The summed E-state index contributed by atoms with van der Waals surface area (Å²) in [5.74, 6) is -1.14. The highest BCUT2D eigenvalue weighted by atomic mass is 35.5. The number of nitrogens with zero attached hydrogens (tertiary/aromatic N) is 1. The normalized spacial score (nSPS) is 12.0. The first kappa shape index (κ1) is 15.2. The van der Waals surface area contributed by atoms with Crippen LogP contribution in [-0.2, 0) is 0 Å². The van der Waals surface area contributed by atoms with Crippen molar-refractivity contribution in [2.45, 2.75) is 13.0 Å². The number of anilines is 1. The quantitative estimate of drug-likeness (QED) is 0.657. The molecule has 0 aliphatic heterocycles. The molecule has 0 saturated carbocycles. The number of benzene rings is 2. The Labute approximate surface area is 124 Å². The van der Waals surface area contributed by atoms with Crippen LogP contribution in [0, 0.1) is 21.7 Å². The van der Waals surface area contributed by atoms with Gasteiger partial charge in [-0.25, -0.2) is 8.78 Å². The number of nitro groups is 1. The molecule has 110 valence electrons. The van der Waals surface area contributed by atoms with E-state index in [0.717, 1.165) is 18.2 Å². The molecule has 0 aliphatic carbocycles. The average molecular weight is 313 g/mol. The molecule has 2 aromatic rings. The van der Waals surface area contributed by atoms with Crippen LogP contribution < -0.4 is 5.32 Å². The van der Waals surface area contributed by atoms with Crippen LogP contribution in [0.1, 0.15) is 18.5 Å². The summed E-state index contributed by atoms with van der Waals surface area (Å²) >= 11 is 5.70. The molecular weight excluding hydrogens is 302 g/mol. The van der Waals surface area contributed by atoms with Crippen LogP contribution in [0.2, 0.25) is 5.02 Å². The molecule has 0 fully saturated rings. The van der Waals surface area contributed by atoms with E-state index >= 15 is 0 Å². The number of hydrogen-bond donors (Lipinski definition) is 1. The third-order valence-electron chi connectivity index (χ3n) is 2.97. The fraction of sp³-hybridized carbons (Fsp3) is 0.143. The Kier molecular flexibility index (Phi) is 4.37. The molecule has 0 spiro atoms. The Morgan fingerprint density at radius 1 is 1.24 bits per heavy atom. The van der Waals surface area contributed by atoms with Crippen LogP contribution in [0.15, 0.2) is 36.4 Å². The van der Waals surface area contributed by atoms with E-state index in [-0.39, 0.29) is 16.4 Å². The van der Waals surface area contributed by atoms with Gasteiger partial charge in [0.15, 0.2) is 0 Å². The lowest BCUT2D eigenvalue weighted by Crippen LogP contribution is -2.09. The molecule has 1 N–H and O–H groups in total. The van der Waals surface area contributed by atoms with Gasteiger partial charge < -0.3 is 5.32 Å². The number of rotatable bonds is 4. The molecule has 1 unspecified atom stereocenters. The van der Waals surface area contributed by atoms with Crippen LogP contribution in [0.25, 0.3) is 0 Å². The maximum atomic E-state index is 13.2. The maximum Gasteiger partial charge on any atom is 0.292 e. The molecule has 0 aliphatic rings. The van der Waals surface area contributed by atoms with Crippen LogP contribution in [0.4, 0.5) is 20.2 Å². The third-order valence-corrected chi connectivity index (χ3v) is 3.26. The fourth-order valence-electron chi connectivity index (χ4n) is 1.88. The molecular formula is C14H11ClF2N2O2. The van der Waals surface area contributed by atoms with Crippen LogP contribution in [-0.4, -0.2) is 4.92 Å². The van der Waals surface area contributed by atoms with E-state index < -0.39 is 22.6 Å². The summed E-state index contributed by atoms with van der Waals surface area (Å²) in [5.41, 5.74) is 0.435. The van der Waals surface area contributed by atoms with Crippen LogP contribution in [0.3, 0.4) is 0 Å². The molecule has 7 heteroatoms. The first-order chi connectivity index (χ1) is 9.88. The van der Waals surface area contributed by atoms with Gasteiger partial charge in [0.1, 0.15) is 17.3 Å². The van der Waals surface area contributed by atoms with Gasteiger partial charge in [-0.3, -0.25) is 10.1 Å². The average Bonchev–Trinajstić information content (AvgIpc) is 2.41. The summed E-state index contributed by atoms with van der Waals surface area (Å²) in [6.07, 6.45) is 0. The minimum atomic E-state index is -0.605. The number of nitrogens with one attached hydrogen (secondary N) is 1. The zero-order valence-corrected chi connectivity index (χ0v) is 11.7. The van der Waals surface area contributed by atoms with Crippen molar-refractivity contribution in [1.29, 1.82) is 0 Å². The standard InChI is InChI=1S/C14H11ClF2N2O2/c1-8(9-2-4-12(17)11(15)6-9)18-13-7-10(16)3-5-14(13)19(20)21/h2-8,18H,1H3. The highest BCUT2D eigenvalue weighted by Gasteiger charge is 2.17. The molecule has 4 nitrogen and oxygen atoms in total. The van der Waals surface area contributed by atoms with Gasteiger partial charge >= 0.3 is 0 Å². The molecule has 0 bridgehead atoms. The fourth-order valence-corrected chi connectivity index (χ4v) is 2.07. The van der Waals surface area contributed by atoms with Crippen molar-refractivity contribution in [2.75, 3.05) is 5.32 Å². The molecule has 2 rings (SSSR count). The zero-order chi connectivity index (χ0) is 15.6. The van der Waals surface area contributed by atoms with Crippen molar-refractivity contribution in [3.8, 4) is 0 Å². The summed E-state index contributed by atoms with van der Waals surface area (Å²) in [6, 6.07) is 6.85. The van der Waals surface area contributed by atoms with Gasteiger partial charge in [-0.15, -0.1) is 0 Å². The minimum Gasteiger partial charge on any atom is -0.373 e. The topological polar surface area (TPSA) is 55.2 Å². The monoisotopic (exact) mass is 312 g/mol. The maximum absolute atomic E-state index is 13.2. The lowest BCUT2D eigenvalue weighted by Gasteiger charge is -2.16. The lowest BCUT2D eigenvalue weighted by atomic mass is 10.1. The van der Waals surface area contributed by atoms with Crippen molar-refractivity contribution in [2.24, 2.45) is 0 Å². The molecule has 2 aromatic carbocycles. The largest absolute Gasteiger partial charge is 0.373 e. The SMILES string of the molecule is CC(Nc1cc(F)ccc1[N+](=O)[O-])c1ccc(F)c(Cl)c1. The molecule has 0 radical (unpaired) electrons. The highest BCUT2D eigenvalue weighted by Crippen LogP contribution is 2.30. The van der Waals surface area contributed by atoms with Gasteiger partial charge in [0.25, 0.3) is 5.69 Å². The molecule has 0 aromatic heterocycles. The Morgan fingerprint density at radius 3 is 2.57 bits per heavy atom. The van der Waals surface area contributed by atoms with Crippen LogP contribution >= 0.6 is 11.6 Å². The van der Waals surface area contributed by atoms with Gasteiger partial charge in [-0.1, -0.05) is 17.7 Å². The molecule has 1 atom stereocenters. The molecule has 0 heterocycles. The van der Waals surface area contributed by atoms with Crippen molar-refractivity contribution in [1.82, 2.24) is 0 Å². The predicted molar refractivity (Wildman–Crippen MR) is 76.5 cm³/mol. The predicted octanol–water partition coefficient (Wildman–Crippen LogP) is 4.70. The van der Waals surface area contributed by atoms with Gasteiger partial charge in [0, 0.05) is 18.2 Å². The second kappa shape index (κ2) is 6.05. The second-order valence-electron chi connectivity index (χ2n) is 4.46. The van der Waals surface area contributed by atoms with E-state index in [2.05, 4.69) is 5.32 Å². The summed E-state index contributed by atoms with van der Waals surface area (Å²) < 4.78 is 26.4. The number of hydrogen-bond acceptors (Lipinski definition) is 3. The van der Waals surface area contributed by atoms with E-state index in [1.807, 2.05) is 0 Å². The van der Waals surface area contributed by atoms with E-state index in [1.54, 1.807) is 6.92 Å². The lowest BCUT2D eigenvalue weighted by molar-refractivity contribution is -0.384. The Bertz CT molecular complexity index is 695. The Morgan fingerprint density at radius 2 is 1.95 bits per heavy atom. The highest BCUT2D eigenvalue weighted by molar-refractivity contribution is 6.30. The van der Waals surface area contributed by atoms with E-state index in [4.69, 9.17) is 11.6 Å². The van der Waals surface area contributed by atoms with Gasteiger partial charge in [0.2, 0.25) is 0 Å². The minimum absolute atomic E-state index is 0.0464. The molecule has 21 heavy (non-hydrogen) atoms. The van der Waals surface area contributed by atoms with Gasteiger partial charge in [-0.05, 0) is 30.7 Å². The number of halogens is 3. The smallest absolute Gasteiger partial charge is 0.292 e. The Balaban J connectivity index is 2.30. The summed E-state index contributed by atoms with van der Waals surface area (Å²) in [5, 5.41) is 13.7. The zero-order valence-electron chi connectivity index (χ0n) is 10.9. The first-order valence-electron chi connectivity index (χ1n) is 6.04. The Hall–Kier alpha value is -2.21. The van der Waals surface area contributed by atoms with Crippen LogP contribution in [0.5, 0.6) is 0 Å². The van der Waals surface area contributed by atoms with Gasteiger partial charge in [0.05, 0.1) is 9.95 Å². The van der Waals surface area contributed by atoms with Crippen molar-refractivity contribution < 1.29 is 13.7 Å². The summed E-state index contributed by atoms with van der Waals surface area (Å²) in [4.78, 5) is 10.3. The molecule has 0 amide bonds. The second-order valence-corrected chi connectivity index (χ2v) is 4.87. The van der Waals surface area contributed by atoms with E-state index in [1.165, 1.54) is 18.2 Å². The number of nitro benzene ring substituents is 1. The first-order valence-corrected chi connectivity index (χ1v) is 6.41. The third kappa shape index (κ3) is 3.46. The summed E-state index contributed by atoms with van der Waals surface area (Å²) in [6.45, 7) is 1.71. The van der Waals surface area contributed by atoms with Crippen molar-refractivity contribution >= 4 is 23.0 Å². The van der Waals surface area contributed by atoms with Crippen molar-refractivity contribution in [3.05, 3.63) is 68.7 Å². The molecule has 0 saturated heterocycles. The van der Waals surface area contributed by atoms with Crippen molar-refractivity contribution in [3.63, 3.8) is 0 Å². The van der Waals surface area contributed by atoms with E-state index in [0.29, 0.717) is 5.56 Å². The van der Waals surface area contributed by atoms with E-state index in [9.17, 15) is 18.9 Å². The summed E-state index contributed by atoms with van der Waals surface area (Å²) in [7, 11) is 0.